The van der Waals surface area contributed by atoms with Crippen molar-refractivity contribution in [2.45, 2.75) is 39.5 Å². The molecule has 0 fully saturated rings. The first-order chi connectivity index (χ1) is 8.45. The molecule has 108 valence electrons. The fourth-order valence-electron chi connectivity index (χ4n) is 0.726. The Morgan fingerprint density at radius 3 is 1.58 bits per heavy atom. The van der Waals surface area contributed by atoms with E-state index >= 15 is 0 Å². The zero-order chi connectivity index (χ0) is 14.4. The SMILES string of the molecule is CCCCSN(SCCCC)C(=O)[O-].NC(=O)[O-].[Zn+2]. The van der Waals surface area contributed by atoms with Crippen molar-refractivity contribution < 1.29 is 39.3 Å². The summed E-state index contributed by atoms with van der Waals surface area (Å²) < 4.78 is 1.27. The quantitative estimate of drug-likeness (QED) is 0.389. The van der Waals surface area contributed by atoms with Gasteiger partial charge in [-0.05, 0) is 36.7 Å². The van der Waals surface area contributed by atoms with Gasteiger partial charge < -0.3 is 25.5 Å². The number of unbranched alkanes of at least 4 members (excludes halogenated alkanes) is 2. The Morgan fingerprint density at radius 1 is 1.05 bits per heavy atom. The minimum absolute atomic E-state index is 0. The third-order valence-electron chi connectivity index (χ3n) is 1.56. The fourth-order valence-corrected chi connectivity index (χ4v) is 2.85. The summed E-state index contributed by atoms with van der Waals surface area (Å²) in [6.07, 6.45) is 1.60. The van der Waals surface area contributed by atoms with Crippen molar-refractivity contribution >= 4 is 36.1 Å². The van der Waals surface area contributed by atoms with E-state index in [-0.39, 0.29) is 19.5 Å². The van der Waals surface area contributed by atoms with E-state index in [1.54, 1.807) is 0 Å². The molecule has 6 nitrogen and oxygen atoms in total. The van der Waals surface area contributed by atoms with Crippen molar-refractivity contribution in [1.29, 1.82) is 0 Å². The van der Waals surface area contributed by atoms with Gasteiger partial charge in [-0.15, -0.1) is 0 Å². The maximum absolute atomic E-state index is 10.7. The summed E-state index contributed by atoms with van der Waals surface area (Å²) in [6.45, 7) is 4.18. The van der Waals surface area contributed by atoms with E-state index in [0.717, 1.165) is 37.2 Å². The van der Waals surface area contributed by atoms with Crippen LogP contribution in [0.2, 0.25) is 0 Å². The van der Waals surface area contributed by atoms with Gasteiger partial charge in [-0.25, -0.2) is 3.71 Å². The van der Waals surface area contributed by atoms with Crippen LogP contribution in [0.15, 0.2) is 0 Å². The molecule has 0 saturated carbocycles. The van der Waals surface area contributed by atoms with Crippen LogP contribution in [-0.4, -0.2) is 27.4 Å². The third-order valence-corrected chi connectivity index (χ3v) is 3.90. The van der Waals surface area contributed by atoms with Gasteiger partial charge >= 0.3 is 19.5 Å². The van der Waals surface area contributed by atoms with E-state index in [9.17, 15) is 9.90 Å². The number of carbonyl (C=O) groups is 2. The Balaban J connectivity index is -0.000000448. The first-order valence-electron chi connectivity index (χ1n) is 5.69. The Morgan fingerprint density at radius 2 is 1.37 bits per heavy atom. The normalized spacial score (nSPS) is 8.74. The largest absolute Gasteiger partial charge is 2.00 e. The summed E-state index contributed by atoms with van der Waals surface area (Å²) in [6, 6.07) is 0. The standard InChI is InChI=1S/C9H19NO2S2.CH3NO2.Zn/c1-3-5-7-13-10(9(11)12)14-8-6-4-2;2-1(3)4;/h3-8H2,1-2H3,(H,11,12);2H2,(H,3,4);/q;;+2/p-2. The number of amides is 2. The summed E-state index contributed by atoms with van der Waals surface area (Å²) in [5.41, 5.74) is 3.92. The number of rotatable bonds is 8. The van der Waals surface area contributed by atoms with Gasteiger partial charge in [0.25, 0.3) is 0 Å². The number of hydrogen-bond donors (Lipinski definition) is 1. The average Bonchev–Trinajstić information content (AvgIpc) is 2.26. The molecule has 0 heterocycles. The third kappa shape index (κ3) is 23.4. The molecule has 0 aliphatic rings. The van der Waals surface area contributed by atoms with E-state index in [2.05, 4.69) is 19.6 Å². The van der Waals surface area contributed by atoms with Gasteiger partial charge in [-0.1, -0.05) is 26.7 Å². The number of hydrogen-bond acceptors (Lipinski definition) is 6. The van der Waals surface area contributed by atoms with Crippen LogP contribution in [0, 0.1) is 0 Å². The van der Waals surface area contributed by atoms with E-state index in [0.29, 0.717) is 0 Å². The molecule has 0 saturated heterocycles. The smallest absolute Gasteiger partial charge is 0.530 e. The van der Waals surface area contributed by atoms with E-state index in [1.807, 2.05) is 0 Å². The number of carbonyl (C=O) groups excluding carboxylic acids is 2. The molecule has 0 atom stereocenters. The molecule has 0 unspecified atom stereocenters. The zero-order valence-corrected chi connectivity index (χ0v) is 16.0. The molecule has 0 aliphatic carbocycles. The molecule has 9 heteroatoms. The molecule has 0 aromatic heterocycles. The number of primary amides is 1. The predicted molar refractivity (Wildman–Crippen MR) is 71.6 cm³/mol. The van der Waals surface area contributed by atoms with Crippen molar-refractivity contribution in [1.82, 2.24) is 3.71 Å². The van der Waals surface area contributed by atoms with Crippen molar-refractivity contribution in [3.8, 4) is 0 Å². The average molecular weight is 362 g/mol. The molecular formula is C10H20N2O4S2Zn. The first kappa shape index (κ1) is 23.9. The van der Waals surface area contributed by atoms with Gasteiger partial charge in [0.2, 0.25) is 0 Å². The fraction of sp³-hybridized carbons (Fsp3) is 0.800. The summed E-state index contributed by atoms with van der Waals surface area (Å²) in [5.74, 6) is 1.70. The van der Waals surface area contributed by atoms with E-state index < -0.39 is 12.2 Å². The van der Waals surface area contributed by atoms with Crippen LogP contribution >= 0.6 is 23.9 Å². The molecule has 0 aliphatic heterocycles. The maximum Gasteiger partial charge on any atom is 2.00 e. The van der Waals surface area contributed by atoms with Gasteiger partial charge in [-0.3, -0.25) is 0 Å². The van der Waals surface area contributed by atoms with Crippen LogP contribution in [0.25, 0.3) is 0 Å². The van der Waals surface area contributed by atoms with Crippen LogP contribution in [0.5, 0.6) is 0 Å². The molecule has 0 aromatic rings. The second kappa shape index (κ2) is 17.9. The summed E-state index contributed by atoms with van der Waals surface area (Å²) in [5, 5.41) is 19.3. The van der Waals surface area contributed by atoms with Crippen molar-refractivity contribution in [2.24, 2.45) is 5.73 Å². The van der Waals surface area contributed by atoms with Crippen LogP contribution in [0.1, 0.15) is 39.5 Å². The van der Waals surface area contributed by atoms with Gasteiger partial charge in [0.1, 0.15) is 6.09 Å². The van der Waals surface area contributed by atoms with Crippen LogP contribution < -0.4 is 15.9 Å². The maximum atomic E-state index is 10.7. The molecular weight excluding hydrogens is 342 g/mol. The van der Waals surface area contributed by atoms with Gasteiger partial charge in [0, 0.05) is 11.5 Å². The molecule has 0 aromatic carbocycles. The minimum atomic E-state index is -1.58. The van der Waals surface area contributed by atoms with Gasteiger partial charge in [0.15, 0.2) is 6.09 Å². The first-order valence-corrected chi connectivity index (χ1v) is 7.57. The molecule has 0 bridgehead atoms. The number of nitrogens with zero attached hydrogens (tertiary/aromatic N) is 1. The minimum Gasteiger partial charge on any atom is -0.530 e. The van der Waals surface area contributed by atoms with Crippen molar-refractivity contribution in [3.05, 3.63) is 0 Å². The second-order valence-electron chi connectivity index (χ2n) is 3.22. The summed E-state index contributed by atoms with van der Waals surface area (Å²) in [7, 11) is 0. The van der Waals surface area contributed by atoms with Crippen molar-refractivity contribution in [2.75, 3.05) is 11.5 Å². The zero-order valence-electron chi connectivity index (χ0n) is 11.4. The van der Waals surface area contributed by atoms with Crippen LogP contribution in [0.4, 0.5) is 9.59 Å². The topological polar surface area (TPSA) is 110 Å². The molecule has 19 heavy (non-hydrogen) atoms. The van der Waals surface area contributed by atoms with Crippen LogP contribution in [-0.2, 0) is 19.5 Å². The molecule has 0 spiro atoms. The molecule has 2 amide bonds. The van der Waals surface area contributed by atoms with Gasteiger partial charge in [-0.2, -0.15) is 0 Å². The monoisotopic (exact) mass is 360 g/mol. The van der Waals surface area contributed by atoms with E-state index in [1.165, 1.54) is 27.6 Å². The molecule has 0 radical (unpaired) electrons. The molecule has 2 N–H and O–H groups in total. The summed E-state index contributed by atoms with van der Waals surface area (Å²) in [4.78, 5) is 19.3. The van der Waals surface area contributed by atoms with Crippen LogP contribution in [0.3, 0.4) is 0 Å². The Kier molecular flexibility index (Phi) is 22.5. The molecule has 0 rings (SSSR count). The predicted octanol–water partition coefficient (Wildman–Crippen LogP) is 0.814. The summed E-state index contributed by atoms with van der Waals surface area (Å²) >= 11 is 2.68. The van der Waals surface area contributed by atoms with Crippen molar-refractivity contribution in [3.63, 3.8) is 0 Å². The van der Waals surface area contributed by atoms with E-state index in [4.69, 9.17) is 9.90 Å². The Bertz CT molecular complexity index is 222. The number of nitrogens with two attached hydrogens (primary N) is 1. The number of carboxylic acid groups (broad SMARTS) is 2. The second-order valence-corrected chi connectivity index (χ2v) is 5.51. The Labute approximate surface area is 135 Å². The van der Waals surface area contributed by atoms with Gasteiger partial charge in [0.05, 0.1) is 0 Å². The Hall–Kier alpha value is -0.137.